The topological polar surface area (TPSA) is 145 Å². The van der Waals surface area contributed by atoms with Crippen molar-refractivity contribution < 1.29 is 25.3 Å². The molecule has 0 aliphatic carbocycles. The molecule has 0 spiro atoms. The van der Waals surface area contributed by atoms with E-state index < -0.39 is 18.0 Å². The minimum Gasteiger partial charge on any atom is -0.477 e. The number of carbonyl (C=O) groups is 2. The number of rotatable bonds is 7. The van der Waals surface area contributed by atoms with E-state index in [9.17, 15) is 19.8 Å². The van der Waals surface area contributed by atoms with Crippen LogP contribution in [0.4, 0.5) is 0 Å². The summed E-state index contributed by atoms with van der Waals surface area (Å²) >= 11 is 1.38. The molecule has 2 aliphatic rings. The van der Waals surface area contributed by atoms with Crippen LogP contribution >= 0.6 is 24.2 Å². The van der Waals surface area contributed by atoms with Gasteiger partial charge >= 0.3 is 5.97 Å². The fourth-order valence-electron chi connectivity index (χ4n) is 2.67. The van der Waals surface area contributed by atoms with Crippen LogP contribution in [0, 0.1) is 11.3 Å². The van der Waals surface area contributed by atoms with Crippen molar-refractivity contribution in [1.29, 1.82) is 5.41 Å². The van der Waals surface area contributed by atoms with Crippen LogP contribution in [0.3, 0.4) is 0 Å². The fourth-order valence-corrected chi connectivity index (χ4v) is 3.74. The van der Waals surface area contributed by atoms with Gasteiger partial charge in [0.1, 0.15) is 5.70 Å². The van der Waals surface area contributed by atoms with E-state index in [1.807, 2.05) is 0 Å². The number of hydrogen-bond acceptors (Lipinski definition) is 5. The number of aliphatic carboxylic acids is 1. The van der Waals surface area contributed by atoms with Crippen molar-refractivity contribution in [3.8, 4) is 0 Å². The first-order chi connectivity index (χ1) is 9.49. The van der Waals surface area contributed by atoms with E-state index in [0.717, 1.165) is 6.34 Å². The average Bonchev–Trinajstić information content (AvgIpc) is 2.69. The summed E-state index contributed by atoms with van der Waals surface area (Å²) < 4.78 is 0. The van der Waals surface area contributed by atoms with Crippen molar-refractivity contribution in [3.63, 3.8) is 0 Å². The maximum atomic E-state index is 11.9. The molecule has 1 saturated heterocycles. The van der Waals surface area contributed by atoms with Gasteiger partial charge in [-0.05, 0) is 6.92 Å². The van der Waals surface area contributed by atoms with E-state index >= 15 is 0 Å². The summed E-state index contributed by atoms with van der Waals surface area (Å²) in [5.74, 6) is -1.29. The number of nitrogens with zero attached hydrogens (tertiary/aromatic N) is 1. The third-order valence-corrected chi connectivity index (χ3v) is 4.63. The third-order valence-electron chi connectivity index (χ3n) is 3.52. The van der Waals surface area contributed by atoms with Crippen molar-refractivity contribution in [2.45, 2.75) is 25.5 Å². The second-order valence-corrected chi connectivity index (χ2v) is 5.96. The van der Waals surface area contributed by atoms with Crippen LogP contribution in [0.15, 0.2) is 10.6 Å². The molecule has 2 aliphatic heterocycles. The van der Waals surface area contributed by atoms with E-state index in [1.165, 1.54) is 16.7 Å². The zero-order chi connectivity index (χ0) is 14.9. The molecule has 10 heteroatoms. The van der Waals surface area contributed by atoms with Gasteiger partial charge in [-0.15, -0.1) is 24.2 Å². The molecule has 2 rings (SSSR count). The molecule has 0 aromatic carbocycles. The lowest BCUT2D eigenvalue weighted by Gasteiger charge is -2.44. The Hall–Kier alpha value is -1.29. The predicted molar refractivity (Wildman–Crippen MR) is 85.2 cm³/mol. The summed E-state index contributed by atoms with van der Waals surface area (Å²) in [4.78, 5) is 25.2. The summed E-state index contributed by atoms with van der Waals surface area (Å²) in [5, 5.41) is 28.4. The van der Waals surface area contributed by atoms with Crippen LogP contribution in [-0.4, -0.2) is 63.2 Å². The molecule has 8 nitrogen and oxygen atoms in total. The molecule has 0 bridgehead atoms. The number of carbonyl (C=O) groups excluding carboxylic acids is 1. The van der Waals surface area contributed by atoms with Crippen LogP contribution in [0.25, 0.3) is 0 Å². The molecule has 6 N–H and O–H groups in total. The number of thioether (sulfide) groups is 1. The molecule has 126 valence electrons. The Morgan fingerprint density at radius 1 is 1.64 bits per heavy atom. The van der Waals surface area contributed by atoms with E-state index in [4.69, 9.17) is 5.41 Å². The highest BCUT2D eigenvalue weighted by atomic mass is 35.5. The SMILES string of the molecule is C[C@@H](O)[C@H]1C(=O)N2C(C(=O)O)=C(SCCNC=N)C[C@H]12.Cl.O. The molecule has 0 aromatic rings. The first kappa shape index (κ1) is 20.7. The number of β-lactam (4-membered cyclic amide) rings is 1. The molecule has 3 atom stereocenters. The first-order valence-corrected chi connectivity index (χ1v) is 7.30. The van der Waals surface area contributed by atoms with Gasteiger partial charge in [0, 0.05) is 23.6 Å². The zero-order valence-corrected chi connectivity index (χ0v) is 13.5. The van der Waals surface area contributed by atoms with Crippen molar-refractivity contribution in [3.05, 3.63) is 10.6 Å². The van der Waals surface area contributed by atoms with Crippen molar-refractivity contribution in [1.82, 2.24) is 10.2 Å². The predicted octanol–water partition coefficient (Wildman–Crippen LogP) is -0.579. The van der Waals surface area contributed by atoms with E-state index in [1.54, 1.807) is 6.92 Å². The Morgan fingerprint density at radius 2 is 2.27 bits per heavy atom. The van der Waals surface area contributed by atoms with E-state index in [0.29, 0.717) is 23.6 Å². The lowest BCUT2D eigenvalue weighted by atomic mass is 9.83. The number of nitrogens with one attached hydrogen (secondary N) is 2. The molecule has 0 unspecified atom stereocenters. The standard InChI is InChI=1S/C12H17N3O4S.ClH.H2O/c1-6(16)9-7-4-8(20-3-2-14-5-13)10(12(18)19)15(7)11(9)17;;/h5-7,9,16H,2-4H2,1H3,(H2,13,14)(H,18,19);1H;1H2/t6-,7-,9-;;/m1../s1. The van der Waals surface area contributed by atoms with Crippen LogP contribution < -0.4 is 5.32 Å². The maximum absolute atomic E-state index is 11.9. The number of halogens is 1. The molecule has 22 heavy (non-hydrogen) atoms. The Morgan fingerprint density at radius 3 is 2.77 bits per heavy atom. The molecule has 1 amide bonds. The molecular formula is C12H20ClN3O5S. The molecule has 2 heterocycles. The third kappa shape index (κ3) is 3.54. The highest BCUT2D eigenvalue weighted by molar-refractivity contribution is 8.03. The Kier molecular flexibility index (Phi) is 7.88. The number of carboxylic acids is 1. The van der Waals surface area contributed by atoms with Gasteiger partial charge in [0.2, 0.25) is 5.91 Å². The normalized spacial score (nSPS) is 23.7. The summed E-state index contributed by atoms with van der Waals surface area (Å²) in [5.41, 5.74) is 0.0525. The monoisotopic (exact) mass is 353 g/mol. The van der Waals surface area contributed by atoms with Crippen molar-refractivity contribution >= 4 is 42.4 Å². The van der Waals surface area contributed by atoms with Crippen LogP contribution in [-0.2, 0) is 9.59 Å². The summed E-state index contributed by atoms with van der Waals surface area (Å²) in [6.07, 6.45) is 0.808. The highest BCUT2D eigenvalue weighted by Gasteiger charge is 2.56. The first-order valence-electron chi connectivity index (χ1n) is 6.31. The number of aliphatic hydroxyl groups is 1. The lowest BCUT2D eigenvalue weighted by molar-refractivity contribution is -0.161. The van der Waals surface area contributed by atoms with Crippen LogP contribution in [0.1, 0.15) is 13.3 Å². The Labute approximate surface area is 138 Å². The van der Waals surface area contributed by atoms with Gasteiger partial charge in [-0.1, -0.05) is 0 Å². The van der Waals surface area contributed by atoms with Crippen molar-refractivity contribution in [2.24, 2.45) is 5.92 Å². The van der Waals surface area contributed by atoms with Gasteiger partial charge in [-0.25, -0.2) is 4.79 Å². The van der Waals surface area contributed by atoms with Crippen molar-refractivity contribution in [2.75, 3.05) is 12.3 Å². The van der Waals surface area contributed by atoms with E-state index in [2.05, 4.69) is 5.32 Å². The van der Waals surface area contributed by atoms with Gasteiger partial charge in [0.15, 0.2) is 0 Å². The number of carboxylic acid groups (broad SMARTS) is 1. The summed E-state index contributed by atoms with van der Waals surface area (Å²) in [7, 11) is 0. The van der Waals surface area contributed by atoms with Gasteiger partial charge < -0.3 is 25.9 Å². The smallest absolute Gasteiger partial charge is 0.353 e. The molecule has 0 saturated carbocycles. The average molecular weight is 354 g/mol. The lowest BCUT2D eigenvalue weighted by Crippen LogP contribution is -2.61. The second kappa shape index (κ2) is 8.37. The number of fused-ring (bicyclic) bond motifs is 1. The minimum atomic E-state index is -1.10. The van der Waals surface area contributed by atoms with Crippen LogP contribution in [0.5, 0.6) is 0 Å². The second-order valence-electron chi connectivity index (χ2n) is 4.77. The molecule has 1 fully saturated rings. The van der Waals surface area contributed by atoms with Gasteiger partial charge in [0.25, 0.3) is 0 Å². The molecule has 0 aromatic heterocycles. The number of aliphatic hydroxyl groups excluding tert-OH is 1. The minimum absolute atomic E-state index is 0. The Bertz CT molecular complexity index is 485. The molecular weight excluding hydrogens is 334 g/mol. The van der Waals surface area contributed by atoms with Gasteiger partial charge in [0.05, 0.1) is 24.4 Å². The highest BCUT2D eigenvalue weighted by Crippen LogP contribution is 2.46. The molecule has 0 radical (unpaired) electrons. The van der Waals surface area contributed by atoms with E-state index in [-0.39, 0.29) is 35.5 Å². The number of hydrogen-bond donors (Lipinski definition) is 4. The largest absolute Gasteiger partial charge is 0.477 e. The summed E-state index contributed by atoms with van der Waals surface area (Å²) in [6.45, 7) is 2.11. The summed E-state index contributed by atoms with van der Waals surface area (Å²) in [6, 6.07) is -0.230. The maximum Gasteiger partial charge on any atom is 0.353 e. The number of amides is 1. The Balaban J connectivity index is 0.00000220. The zero-order valence-electron chi connectivity index (χ0n) is 11.9. The van der Waals surface area contributed by atoms with Gasteiger partial charge in [-0.3, -0.25) is 10.2 Å². The fraction of sp³-hybridized carbons (Fsp3) is 0.583. The van der Waals surface area contributed by atoms with Gasteiger partial charge in [-0.2, -0.15) is 0 Å². The quantitative estimate of drug-likeness (QED) is 0.208. The van der Waals surface area contributed by atoms with Crippen LogP contribution in [0.2, 0.25) is 0 Å².